The summed E-state index contributed by atoms with van der Waals surface area (Å²) in [5.41, 5.74) is 5.51. The van der Waals surface area contributed by atoms with Gasteiger partial charge in [-0.3, -0.25) is 58.2 Å². The van der Waals surface area contributed by atoms with Gasteiger partial charge in [-0.05, 0) is 94.4 Å². The number of pyridine rings is 5. The van der Waals surface area contributed by atoms with Crippen molar-refractivity contribution in [1.82, 2.24) is 64.6 Å². The predicted molar refractivity (Wildman–Crippen MR) is 472 cm³/mol. The number of aromatic hydroxyl groups is 1. The highest BCUT2D eigenvalue weighted by Crippen LogP contribution is 2.46. The number of halogens is 2. The topological polar surface area (TPSA) is 366 Å². The summed E-state index contributed by atoms with van der Waals surface area (Å²) in [6, 6.07) is 47.9. The summed E-state index contributed by atoms with van der Waals surface area (Å²) < 4.78 is 31.2. The number of benzene rings is 4. The molecule has 0 bridgehead atoms. The van der Waals surface area contributed by atoms with Crippen LogP contribution in [0, 0.1) is 0 Å². The number of rotatable bonds is 25. The molecular weight excluding hydrogens is 1630 g/mol. The quantitative estimate of drug-likeness (QED) is 0.0289. The highest BCUT2D eigenvalue weighted by Gasteiger charge is 2.48. The van der Waals surface area contributed by atoms with E-state index in [4.69, 9.17) is 28.8 Å². The Morgan fingerprint density at radius 2 is 0.790 bits per heavy atom. The van der Waals surface area contributed by atoms with Crippen molar-refractivity contribution in [2.75, 3.05) is 78.8 Å². The molecule has 4 saturated heterocycles. The molecule has 124 heavy (non-hydrogen) atoms. The van der Waals surface area contributed by atoms with Crippen LogP contribution >= 0.6 is 24.8 Å². The summed E-state index contributed by atoms with van der Waals surface area (Å²) in [4.78, 5) is 143. The molecule has 4 aromatic carbocycles. The third kappa shape index (κ3) is 22.9. The van der Waals surface area contributed by atoms with Gasteiger partial charge in [0.05, 0.1) is 26.4 Å². The number of aromatic carboxylic acids is 1. The zero-order chi connectivity index (χ0) is 87.0. The minimum absolute atomic E-state index is 0. The number of fused-ring (bicyclic) bond motifs is 4. The van der Waals surface area contributed by atoms with Gasteiger partial charge in [0, 0.05) is 126 Å². The third-order valence-corrected chi connectivity index (χ3v) is 20.9. The molecule has 6 N–H and O–H groups in total. The van der Waals surface area contributed by atoms with E-state index in [1.54, 1.807) is 42.7 Å². The lowest BCUT2D eigenvalue weighted by atomic mass is 9.87. The smallest absolute Gasteiger partial charge is 0.429 e. The van der Waals surface area contributed by atoms with E-state index in [2.05, 4.69) is 85.9 Å². The first-order valence-electron chi connectivity index (χ1n) is 41.8. The van der Waals surface area contributed by atoms with E-state index in [-0.39, 0.29) is 129 Å². The molecule has 6 aliphatic heterocycles. The number of unbranched alkanes of at least 4 members (excludes halogenated alkanes) is 4. The number of carbonyl (C=O) groups is 6. The average molecular weight is 1750 g/mol. The molecule has 0 saturated carbocycles. The normalized spacial score (nSPS) is 15.6. The van der Waals surface area contributed by atoms with E-state index in [0.29, 0.717) is 71.3 Å². The second-order valence-electron chi connectivity index (χ2n) is 30.7. The Labute approximate surface area is 731 Å². The van der Waals surface area contributed by atoms with Gasteiger partial charge in [0.2, 0.25) is 27.1 Å². The fourth-order valence-electron chi connectivity index (χ4n) is 15.1. The standard InChI is InChI=1S/C27H29N3O3.C23H21N3O3.C18H27N3O5.C13H19N3O3.C10H13NO4.2ClH/c1-2-3-19-33-25-22(31)15-18-28-24(25)27(32)30-17-10-16-29(30)26(28)23(20-11-6-4-7-12-20)21-13-8-5-9-14-21;27-18-12-15-24-20(21(18)28)23(29)26-14-7-13-25(26)22(24)19(16-8-3-1-4-9-16)17-10-5-2-6-11-17;1-5-6-12-25-15-13(22)8-9-19-14(15)16(23)20-10-7-11-21(20)17(24)26-18(2,3)4;1-2-3-9-19-12-10(17)5-7-14-11(12)13(18)16-8-4-6-15-16;1-2-3-6-15-9-7(12)4-5-11-8(9)10(13)14;;/h4-9,11-15,18,23,26H,2-3,10,16-17,19H2,1H3;1-6,8-12,15,19,22,28H,7,13-14H2;8-9H,5-7,10-12H2,1-4H3,(H,19,22);5,7,15H,2-4,6,8-9H2,1H3,(H,14,17);4-5H,2-3,6H2,1H3,(H,11,12)(H,13,14);2*1H. The molecular formula is C91H111Cl2N13O18. The Bertz CT molecular complexity index is 5300. The molecule has 5 amide bonds. The van der Waals surface area contributed by atoms with Gasteiger partial charge in [-0.15, -0.1) is 24.8 Å². The zero-order valence-electron chi connectivity index (χ0n) is 70.9. The molecule has 2 atom stereocenters. The van der Waals surface area contributed by atoms with Gasteiger partial charge in [-0.25, -0.2) is 25.0 Å². The summed E-state index contributed by atoms with van der Waals surface area (Å²) >= 11 is 0. The molecule has 0 radical (unpaired) electrons. The number of hydrogen-bond donors (Lipinski definition) is 6. The number of carbonyl (C=O) groups excluding carboxylic acids is 5. The van der Waals surface area contributed by atoms with Crippen molar-refractivity contribution in [2.45, 2.75) is 155 Å². The molecule has 11 heterocycles. The molecule has 31 nitrogen and oxygen atoms in total. The minimum atomic E-state index is -1.20. The Morgan fingerprint density at radius 1 is 0.427 bits per heavy atom. The Balaban J connectivity index is 0.000000179. The van der Waals surface area contributed by atoms with Gasteiger partial charge in [0.1, 0.15) is 17.9 Å². The highest BCUT2D eigenvalue weighted by atomic mass is 35.5. The summed E-state index contributed by atoms with van der Waals surface area (Å²) in [5, 5.41) is 31.1. The largest absolute Gasteiger partial charge is 0.503 e. The number of ether oxygens (including phenoxy) is 5. The molecule has 2 unspecified atom stereocenters. The van der Waals surface area contributed by atoms with Crippen LogP contribution in [0.25, 0.3) is 0 Å². The third-order valence-electron chi connectivity index (χ3n) is 20.9. The molecule has 6 aliphatic rings. The second-order valence-corrected chi connectivity index (χ2v) is 30.7. The number of H-pyrrole nitrogens is 3. The molecule has 0 spiro atoms. The van der Waals surface area contributed by atoms with Gasteiger partial charge >= 0.3 is 12.1 Å². The summed E-state index contributed by atoms with van der Waals surface area (Å²) in [6.07, 6.45) is 16.8. The van der Waals surface area contributed by atoms with Gasteiger partial charge in [0.15, 0.2) is 57.2 Å². The maximum absolute atomic E-state index is 13.6. The van der Waals surface area contributed by atoms with Crippen LogP contribution in [0.15, 0.2) is 207 Å². The van der Waals surface area contributed by atoms with E-state index < -0.39 is 40.2 Å². The van der Waals surface area contributed by atoms with Gasteiger partial charge < -0.3 is 58.0 Å². The Morgan fingerprint density at radius 3 is 1.19 bits per heavy atom. The fraction of sp³-hybridized carbons (Fsp3) is 0.396. The first-order chi connectivity index (χ1) is 59.0. The Kier molecular flexibility index (Phi) is 35.2. The van der Waals surface area contributed by atoms with Crippen LogP contribution < -0.4 is 51.5 Å². The lowest BCUT2D eigenvalue weighted by molar-refractivity contribution is -0.0486. The van der Waals surface area contributed by atoms with Crippen LogP contribution in [-0.2, 0) is 4.74 Å². The van der Waals surface area contributed by atoms with Crippen molar-refractivity contribution in [1.29, 1.82) is 0 Å². The number of nitrogens with one attached hydrogen (secondary N) is 4. The van der Waals surface area contributed by atoms with Crippen molar-refractivity contribution in [2.24, 2.45) is 0 Å². The van der Waals surface area contributed by atoms with E-state index in [9.17, 15) is 57.8 Å². The van der Waals surface area contributed by atoms with E-state index in [1.807, 2.05) is 103 Å². The number of hydrogen-bond acceptors (Lipinski definition) is 20. The van der Waals surface area contributed by atoms with Crippen LogP contribution in [0.2, 0.25) is 0 Å². The van der Waals surface area contributed by atoms with Gasteiger partial charge in [-0.2, -0.15) is 10.0 Å². The number of amides is 5. The van der Waals surface area contributed by atoms with Gasteiger partial charge in [-0.1, -0.05) is 175 Å². The number of hydrazine groups is 4. The van der Waals surface area contributed by atoms with Crippen LogP contribution in [0.4, 0.5) is 4.79 Å². The number of nitrogens with zero attached hydrogens (tertiary/aromatic N) is 9. The van der Waals surface area contributed by atoms with E-state index in [1.165, 1.54) is 63.9 Å². The van der Waals surface area contributed by atoms with E-state index in [0.717, 1.165) is 113 Å². The van der Waals surface area contributed by atoms with Crippen molar-refractivity contribution < 1.29 is 62.7 Å². The van der Waals surface area contributed by atoms with Gasteiger partial charge in [0.25, 0.3) is 23.6 Å². The number of aromatic amines is 3. The first-order valence-corrected chi connectivity index (χ1v) is 41.8. The van der Waals surface area contributed by atoms with Crippen LogP contribution in [0.3, 0.4) is 0 Å². The van der Waals surface area contributed by atoms with Crippen molar-refractivity contribution in [3.8, 4) is 28.7 Å². The molecule has 662 valence electrons. The lowest BCUT2D eigenvalue weighted by Crippen LogP contribution is -2.53. The van der Waals surface area contributed by atoms with Crippen LogP contribution in [-0.4, -0.2) is 189 Å². The number of carboxylic acid groups (broad SMARTS) is 1. The molecule has 9 aromatic rings. The summed E-state index contributed by atoms with van der Waals surface area (Å²) in [5.74, 6) is -2.85. The van der Waals surface area contributed by atoms with E-state index >= 15 is 0 Å². The van der Waals surface area contributed by atoms with Crippen molar-refractivity contribution >= 4 is 60.5 Å². The first kappa shape index (κ1) is 95.5. The molecule has 0 aliphatic carbocycles. The maximum atomic E-state index is 13.6. The maximum Gasteiger partial charge on any atom is 0.429 e. The monoisotopic (exact) mass is 1740 g/mol. The van der Waals surface area contributed by atoms with Crippen molar-refractivity contribution in [3.05, 3.63) is 284 Å². The highest BCUT2D eigenvalue weighted by molar-refractivity contribution is 5.98. The zero-order valence-corrected chi connectivity index (χ0v) is 72.5. The SMILES string of the molecule is CCCCOc1c(C(=O)N2CCCN2)[nH]ccc1=O.CCCCOc1c(C(=O)N2CCCN2C(=O)OC(C)(C)C)[nH]ccc1=O.CCCCOc1c(C(=O)O)[nH]ccc1=O.CCCCOc1c2n(ccc1=O)C(C(c1ccccc1)c1ccccc1)N1CCCN1C2=O.Cl.Cl.O=C1c2c(O)c(=O)ccn2C(C(c2ccccc2)c2ccccc2)N2CCCN12. The lowest BCUT2D eigenvalue weighted by Gasteiger charge is -2.45. The molecule has 33 heteroatoms. The fourth-order valence-corrected chi connectivity index (χ4v) is 15.1. The van der Waals surface area contributed by atoms with Crippen LogP contribution in [0.1, 0.15) is 224 Å². The number of carboxylic acids is 1. The summed E-state index contributed by atoms with van der Waals surface area (Å²) in [7, 11) is 0. The summed E-state index contributed by atoms with van der Waals surface area (Å²) in [6.45, 7) is 19.9. The molecule has 4 fully saturated rings. The second kappa shape index (κ2) is 45.7. The molecule has 15 rings (SSSR count). The van der Waals surface area contributed by atoms with Crippen molar-refractivity contribution in [3.63, 3.8) is 0 Å². The van der Waals surface area contributed by atoms with Crippen LogP contribution in [0.5, 0.6) is 28.7 Å². The average Bonchev–Trinajstić information content (AvgIpc) is 1.26. The molecule has 5 aromatic heterocycles. The Hall–Kier alpha value is -12.3. The number of aromatic nitrogens is 5. The predicted octanol–water partition coefficient (Wildman–Crippen LogP) is 12.9. The minimum Gasteiger partial charge on any atom is -0.503 e.